The predicted molar refractivity (Wildman–Crippen MR) is 87.1 cm³/mol. The van der Waals surface area contributed by atoms with E-state index in [1.807, 2.05) is 31.2 Å². The number of thiocarbonyl (C=S) groups is 1. The van der Waals surface area contributed by atoms with Gasteiger partial charge in [0.2, 0.25) is 5.91 Å². The molecular weight excluding hydrogens is 286 g/mol. The van der Waals surface area contributed by atoms with Gasteiger partial charge < -0.3 is 4.74 Å². The summed E-state index contributed by atoms with van der Waals surface area (Å²) in [5.74, 6) is -0.00634. The summed E-state index contributed by atoms with van der Waals surface area (Å²) in [6.07, 6.45) is 2.19. The zero-order valence-corrected chi connectivity index (χ0v) is 13.5. The Kier molecular flexibility index (Phi) is 6.24. The van der Waals surface area contributed by atoms with Crippen molar-refractivity contribution in [1.82, 2.24) is 4.90 Å². The number of rotatable bonds is 4. The van der Waals surface area contributed by atoms with Crippen LogP contribution in [-0.4, -0.2) is 28.8 Å². The van der Waals surface area contributed by atoms with Crippen LogP contribution in [-0.2, 0) is 9.59 Å². The number of methoxy groups -OCH3 is 1. The lowest BCUT2D eigenvalue weighted by molar-refractivity contribution is -0.136. The Balaban J connectivity index is 3.00. The molecule has 0 aliphatic heterocycles. The maximum atomic E-state index is 12.3. The van der Waals surface area contributed by atoms with Crippen molar-refractivity contribution >= 4 is 35.1 Å². The summed E-state index contributed by atoms with van der Waals surface area (Å²) in [5.41, 5.74) is 1.30. The molecule has 0 aliphatic carbocycles. The van der Waals surface area contributed by atoms with Crippen LogP contribution in [0.15, 0.2) is 29.8 Å². The van der Waals surface area contributed by atoms with E-state index in [9.17, 15) is 9.59 Å². The summed E-state index contributed by atoms with van der Waals surface area (Å²) >= 11 is 5.09. The summed E-state index contributed by atoms with van der Waals surface area (Å²) in [6.45, 7) is 4.81. The molecule has 5 heteroatoms. The van der Waals surface area contributed by atoms with Gasteiger partial charge in [0, 0.05) is 12.5 Å². The third kappa shape index (κ3) is 4.49. The smallest absolute Gasteiger partial charge is 0.261 e. The standard InChI is InChI=1S/C16H19NO3S/c1-5-15(21)17(12(3)18)16(19)11(2)10-13-6-8-14(20-4)9-7-13/h6-10H,5H2,1-4H3/b11-10-. The summed E-state index contributed by atoms with van der Waals surface area (Å²) < 4.78 is 5.08. The van der Waals surface area contributed by atoms with Gasteiger partial charge in [0.25, 0.3) is 5.91 Å². The van der Waals surface area contributed by atoms with E-state index < -0.39 is 0 Å². The first-order valence-corrected chi connectivity index (χ1v) is 7.01. The molecule has 1 aromatic carbocycles. The highest BCUT2D eigenvalue weighted by Crippen LogP contribution is 2.15. The van der Waals surface area contributed by atoms with Crippen LogP contribution < -0.4 is 4.74 Å². The molecule has 2 amide bonds. The van der Waals surface area contributed by atoms with Gasteiger partial charge in [-0.1, -0.05) is 31.3 Å². The molecule has 112 valence electrons. The van der Waals surface area contributed by atoms with Gasteiger partial charge in [0.15, 0.2) is 0 Å². The van der Waals surface area contributed by atoms with Crippen molar-refractivity contribution in [1.29, 1.82) is 0 Å². The molecular formula is C16H19NO3S. The van der Waals surface area contributed by atoms with Crippen LogP contribution in [0.3, 0.4) is 0 Å². The van der Waals surface area contributed by atoms with Crippen LogP contribution >= 0.6 is 12.2 Å². The SMILES string of the molecule is CCC(=S)N(C(C)=O)C(=O)/C(C)=C\c1ccc(OC)cc1. The van der Waals surface area contributed by atoms with E-state index in [2.05, 4.69) is 0 Å². The van der Waals surface area contributed by atoms with Crippen LogP contribution in [0.1, 0.15) is 32.8 Å². The Morgan fingerprint density at radius 3 is 2.24 bits per heavy atom. The number of ether oxygens (including phenoxy) is 1. The minimum atomic E-state index is -0.384. The maximum Gasteiger partial charge on any atom is 0.261 e. The van der Waals surface area contributed by atoms with Gasteiger partial charge in [-0.15, -0.1) is 0 Å². The van der Waals surface area contributed by atoms with E-state index in [1.54, 1.807) is 20.1 Å². The molecule has 0 unspecified atom stereocenters. The van der Waals surface area contributed by atoms with Crippen molar-refractivity contribution in [2.24, 2.45) is 0 Å². The fourth-order valence-electron chi connectivity index (χ4n) is 1.78. The first-order valence-electron chi connectivity index (χ1n) is 6.60. The molecule has 1 aromatic rings. The molecule has 1 rings (SSSR count). The average Bonchev–Trinajstić information content (AvgIpc) is 2.47. The first kappa shape index (κ1) is 17.0. The molecule has 0 fully saturated rings. The number of carbonyl (C=O) groups is 2. The second kappa shape index (κ2) is 7.69. The number of nitrogens with zero attached hydrogens (tertiary/aromatic N) is 1. The van der Waals surface area contributed by atoms with E-state index in [-0.39, 0.29) is 11.8 Å². The normalized spacial score (nSPS) is 11.0. The van der Waals surface area contributed by atoms with Gasteiger partial charge in [-0.25, -0.2) is 4.90 Å². The number of hydrogen-bond donors (Lipinski definition) is 0. The third-order valence-electron chi connectivity index (χ3n) is 2.91. The molecule has 0 bridgehead atoms. The van der Waals surface area contributed by atoms with Gasteiger partial charge in [-0.3, -0.25) is 9.59 Å². The monoisotopic (exact) mass is 305 g/mol. The zero-order valence-electron chi connectivity index (χ0n) is 12.7. The lowest BCUT2D eigenvalue weighted by atomic mass is 10.1. The minimum Gasteiger partial charge on any atom is -0.497 e. The summed E-state index contributed by atoms with van der Waals surface area (Å²) in [4.78, 5) is 25.3. The van der Waals surface area contributed by atoms with Crippen molar-refractivity contribution in [3.63, 3.8) is 0 Å². The summed E-state index contributed by atoms with van der Waals surface area (Å²) in [6, 6.07) is 7.30. The predicted octanol–water partition coefficient (Wildman–Crippen LogP) is 3.21. The number of imide groups is 1. The van der Waals surface area contributed by atoms with Crippen LogP contribution in [0.5, 0.6) is 5.75 Å². The highest BCUT2D eigenvalue weighted by Gasteiger charge is 2.22. The first-order chi connectivity index (χ1) is 9.90. The molecule has 21 heavy (non-hydrogen) atoms. The molecule has 0 saturated heterocycles. The highest BCUT2D eigenvalue weighted by atomic mass is 32.1. The van der Waals surface area contributed by atoms with E-state index in [0.717, 1.165) is 16.2 Å². The van der Waals surface area contributed by atoms with Gasteiger partial charge in [-0.05, 0) is 37.1 Å². The Bertz CT molecular complexity index is 576. The summed E-state index contributed by atoms with van der Waals surface area (Å²) in [7, 11) is 1.59. The molecule has 0 spiro atoms. The van der Waals surface area contributed by atoms with E-state index in [0.29, 0.717) is 17.0 Å². The fraction of sp³-hybridized carbons (Fsp3) is 0.312. The maximum absolute atomic E-state index is 12.3. The van der Waals surface area contributed by atoms with Crippen molar-refractivity contribution in [2.75, 3.05) is 7.11 Å². The van der Waals surface area contributed by atoms with Crippen LogP contribution in [0, 0.1) is 0 Å². The van der Waals surface area contributed by atoms with E-state index in [4.69, 9.17) is 17.0 Å². The second-order valence-corrected chi connectivity index (χ2v) is 4.98. The highest BCUT2D eigenvalue weighted by molar-refractivity contribution is 7.80. The van der Waals surface area contributed by atoms with Crippen molar-refractivity contribution in [3.05, 3.63) is 35.4 Å². The third-order valence-corrected chi connectivity index (χ3v) is 3.38. The van der Waals surface area contributed by atoms with E-state index >= 15 is 0 Å². The summed E-state index contributed by atoms with van der Waals surface area (Å²) in [5, 5.41) is 0. The largest absolute Gasteiger partial charge is 0.497 e. The molecule has 4 nitrogen and oxygen atoms in total. The van der Waals surface area contributed by atoms with Gasteiger partial charge in [0.05, 0.1) is 12.1 Å². The molecule has 0 saturated carbocycles. The van der Waals surface area contributed by atoms with Gasteiger partial charge >= 0.3 is 0 Å². The Labute approximate surface area is 130 Å². The van der Waals surface area contributed by atoms with Gasteiger partial charge in [0.1, 0.15) is 5.75 Å². The molecule has 0 atom stereocenters. The second-order valence-electron chi connectivity index (χ2n) is 4.51. The minimum absolute atomic E-state index is 0.329. The molecule has 0 aromatic heterocycles. The van der Waals surface area contributed by atoms with Crippen LogP contribution in [0.4, 0.5) is 0 Å². The quantitative estimate of drug-likeness (QED) is 0.633. The Hall–Kier alpha value is -2.01. The number of amides is 2. The zero-order chi connectivity index (χ0) is 16.0. The Morgan fingerprint density at radius 1 is 1.24 bits per heavy atom. The topological polar surface area (TPSA) is 46.6 Å². The van der Waals surface area contributed by atoms with Gasteiger partial charge in [-0.2, -0.15) is 0 Å². The number of hydrogen-bond acceptors (Lipinski definition) is 4. The molecule has 0 N–H and O–H groups in total. The van der Waals surface area contributed by atoms with Crippen molar-refractivity contribution in [3.8, 4) is 5.75 Å². The molecule has 0 heterocycles. The average molecular weight is 305 g/mol. The number of carbonyl (C=O) groups excluding carboxylic acids is 2. The Morgan fingerprint density at radius 2 is 1.81 bits per heavy atom. The van der Waals surface area contributed by atoms with Crippen molar-refractivity contribution < 1.29 is 14.3 Å². The fourth-order valence-corrected chi connectivity index (χ4v) is 1.99. The van der Waals surface area contributed by atoms with E-state index in [1.165, 1.54) is 6.92 Å². The molecule has 0 radical (unpaired) electrons. The lowest BCUT2D eigenvalue weighted by Gasteiger charge is -2.19. The van der Waals surface area contributed by atoms with Crippen molar-refractivity contribution in [2.45, 2.75) is 27.2 Å². The molecule has 0 aliphatic rings. The lowest BCUT2D eigenvalue weighted by Crippen LogP contribution is -2.39. The number of benzene rings is 1. The van der Waals surface area contributed by atoms with Crippen LogP contribution in [0.2, 0.25) is 0 Å². The van der Waals surface area contributed by atoms with Crippen LogP contribution in [0.25, 0.3) is 6.08 Å².